The summed E-state index contributed by atoms with van der Waals surface area (Å²) >= 11 is 3.84. The number of hydrogen-bond donors (Lipinski definition) is 0. The Balaban J connectivity index is 2.76. The molecule has 0 fully saturated rings. The SMILES string of the molecule is [Li][CH2]c1cncs1. The van der Waals surface area contributed by atoms with Crippen molar-refractivity contribution in [3.63, 3.8) is 0 Å². The van der Waals surface area contributed by atoms with Gasteiger partial charge in [-0.1, -0.05) is 0 Å². The van der Waals surface area contributed by atoms with Gasteiger partial charge in [0.15, 0.2) is 0 Å². The third-order valence-corrected chi connectivity index (χ3v) is 1.76. The molecule has 1 nitrogen and oxygen atoms in total. The maximum atomic E-state index is 3.91. The maximum absolute atomic E-state index is 3.91. The van der Waals surface area contributed by atoms with Gasteiger partial charge in [0.1, 0.15) is 0 Å². The predicted molar refractivity (Wildman–Crippen MR) is 31.6 cm³/mol. The fourth-order valence-electron chi connectivity index (χ4n) is 0.417. The molecule has 0 unspecified atom stereocenters. The Hall–Kier alpha value is 0.227. The van der Waals surface area contributed by atoms with Crippen molar-refractivity contribution in [3.8, 4) is 0 Å². The van der Waals surface area contributed by atoms with Crippen LogP contribution in [-0.4, -0.2) is 22.7 Å². The molecular formula is C4H4LiNS. The van der Waals surface area contributed by atoms with Crippen LogP contribution in [0.15, 0.2) is 11.7 Å². The van der Waals surface area contributed by atoms with Gasteiger partial charge >= 0.3 is 55.7 Å². The third-order valence-electron chi connectivity index (χ3n) is 0.832. The first kappa shape index (κ1) is 5.37. The van der Waals surface area contributed by atoms with Crippen molar-refractivity contribution in [2.75, 3.05) is 0 Å². The molecule has 1 aromatic heterocycles. The molecule has 0 bridgehead atoms. The van der Waals surface area contributed by atoms with E-state index < -0.39 is 0 Å². The van der Waals surface area contributed by atoms with E-state index in [1.807, 2.05) is 11.7 Å². The van der Waals surface area contributed by atoms with Crippen LogP contribution < -0.4 is 0 Å². The van der Waals surface area contributed by atoms with E-state index in [1.165, 1.54) is 4.88 Å². The molecule has 0 aliphatic rings. The Labute approximate surface area is 56.0 Å². The summed E-state index contributed by atoms with van der Waals surface area (Å²) in [7, 11) is 0. The zero-order chi connectivity index (χ0) is 5.11. The van der Waals surface area contributed by atoms with Crippen LogP contribution in [-0.2, 0) is 5.09 Å². The summed E-state index contributed by atoms with van der Waals surface area (Å²) in [5.41, 5.74) is 1.86. The monoisotopic (exact) mass is 105 g/mol. The van der Waals surface area contributed by atoms with Crippen molar-refractivity contribution in [3.05, 3.63) is 16.6 Å². The van der Waals surface area contributed by atoms with E-state index in [4.69, 9.17) is 0 Å². The van der Waals surface area contributed by atoms with E-state index in [0.717, 1.165) is 5.09 Å². The minimum atomic E-state index is 1.12. The van der Waals surface area contributed by atoms with Crippen molar-refractivity contribution < 1.29 is 0 Å². The van der Waals surface area contributed by atoms with Crippen LogP contribution in [0.3, 0.4) is 0 Å². The van der Waals surface area contributed by atoms with E-state index in [0.29, 0.717) is 0 Å². The number of aromatic nitrogens is 1. The summed E-state index contributed by atoms with van der Waals surface area (Å²) in [5, 5.41) is 1.12. The molecule has 0 spiro atoms. The van der Waals surface area contributed by atoms with Gasteiger partial charge < -0.3 is 0 Å². The average molecular weight is 105 g/mol. The van der Waals surface area contributed by atoms with Gasteiger partial charge in [-0.3, -0.25) is 0 Å². The first-order valence-electron chi connectivity index (χ1n) is 2.31. The van der Waals surface area contributed by atoms with Crippen LogP contribution in [0.25, 0.3) is 0 Å². The van der Waals surface area contributed by atoms with Crippen LogP contribution in [0, 0.1) is 0 Å². The number of thiazole rings is 1. The molecule has 1 rings (SSSR count). The fraction of sp³-hybridized carbons (Fsp3) is 0.250. The normalized spacial score (nSPS) is 9.43. The second kappa shape index (κ2) is 2.51. The van der Waals surface area contributed by atoms with E-state index >= 15 is 0 Å². The molecule has 32 valence electrons. The summed E-state index contributed by atoms with van der Waals surface area (Å²) in [5.74, 6) is 0. The molecule has 0 radical (unpaired) electrons. The van der Waals surface area contributed by atoms with Gasteiger partial charge in [0.05, 0.1) is 0 Å². The Morgan fingerprint density at radius 3 is 3.00 bits per heavy atom. The number of rotatable bonds is 1. The molecule has 1 heterocycles. The van der Waals surface area contributed by atoms with Crippen LogP contribution in [0.1, 0.15) is 4.88 Å². The fourth-order valence-corrected chi connectivity index (χ4v) is 0.962. The third kappa shape index (κ3) is 1.31. The molecular weight excluding hydrogens is 101 g/mol. The van der Waals surface area contributed by atoms with Gasteiger partial charge in [-0.05, 0) is 0 Å². The summed E-state index contributed by atoms with van der Waals surface area (Å²) in [6.07, 6.45) is 1.91. The first-order valence-corrected chi connectivity index (χ1v) is 3.19. The van der Waals surface area contributed by atoms with Crippen LogP contribution in [0.2, 0.25) is 0 Å². The second-order valence-electron chi connectivity index (χ2n) is 1.32. The molecule has 0 saturated heterocycles. The van der Waals surface area contributed by atoms with Crippen LogP contribution in [0.5, 0.6) is 0 Å². The Kier molecular flexibility index (Phi) is 1.93. The standard InChI is InChI=1S/C4H4NS.Li/c1-4-2-5-3-6-4;/h2-3H,1H2;. The van der Waals surface area contributed by atoms with Crippen LogP contribution in [0.4, 0.5) is 0 Å². The van der Waals surface area contributed by atoms with Gasteiger partial charge in [-0.25, -0.2) is 0 Å². The Morgan fingerprint density at radius 2 is 2.71 bits per heavy atom. The zero-order valence-electron chi connectivity index (χ0n) is 4.22. The van der Waals surface area contributed by atoms with E-state index in [2.05, 4.69) is 22.7 Å². The van der Waals surface area contributed by atoms with Gasteiger partial charge in [0, 0.05) is 0 Å². The second-order valence-corrected chi connectivity index (χ2v) is 2.29. The Morgan fingerprint density at radius 1 is 1.86 bits per heavy atom. The topological polar surface area (TPSA) is 12.9 Å². The molecule has 1 aromatic rings. The van der Waals surface area contributed by atoms with E-state index in [-0.39, 0.29) is 0 Å². The summed E-state index contributed by atoms with van der Waals surface area (Å²) in [6, 6.07) is 0. The first-order chi connectivity index (χ1) is 3.43. The Bertz CT molecular complexity index is 126. The minimum absolute atomic E-state index is 1.12. The van der Waals surface area contributed by atoms with Crippen molar-refractivity contribution in [1.82, 2.24) is 4.98 Å². The van der Waals surface area contributed by atoms with E-state index in [1.54, 1.807) is 11.3 Å². The molecule has 0 atom stereocenters. The number of nitrogens with zero attached hydrogens (tertiary/aromatic N) is 1. The molecule has 3 heteroatoms. The van der Waals surface area contributed by atoms with Gasteiger partial charge in [0.25, 0.3) is 0 Å². The molecule has 0 N–H and O–H groups in total. The van der Waals surface area contributed by atoms with Crippen molar-refractivity contribution in [2.45, 2.75) is 5.09 Å². The quantitative estimate of drug-likeness (QED) is 0.481. The predicted octanol–water partition coefficient (Wildman–Crippen LogP) is 0.812. The van der Waals surface area contributed by atoms with Gasteiger partial charge in [-0.15, -0.1) is 0 Å². The van der Waals surface area contributed by atoms with Gasteiger partial charge in [0.2, 0.25) is 0 Å². The molecule has 0 aliphatic heterocycles. The molecule has 0 saturated carbocycles. The molecule has 7 heavy (non-hydrogen) atoms. The van der Waals surface area contributed by atoms with Gasteiger partial charge in [-0.2, -0.15) is 0 Å². The molecule has 0 aromatic carbocycles. The van der Waals surface area contributed by atoms with Crippen molar-refractivity contribution in [1.29, 1.82) is 0 Å². The van der Waals surface area contributed by atoms with Crippen molar-refractivity contribution in [2.24, 2.45) is 0 Å². The van der Waals surface area contributed by atoms with E-state index in [9.17, 15) is 0 Å². The summed E-state index contributed by atoms with van der Waals surface area (Å²) in [6.45, 7) is 0. The average Bonchev–Trinajstić information content (AvgIpc) is 2.14. The zero-order valence-corrected chi connectivity index (χ0v) is 5.03. The number of hydrogen-bond acceptors (Lipinski definition) is 2. The molecule has 0 amide bonds. The molecule has 0 aliphatic carbocycles. The summed E-state index contributed by atoms with van der Waals surface area (Å²) in [4.78, 5) is 5.27. The summed E-state index contributed by atoms with van der Waals surface area (Å²) < 4.78 is 0. The van der Waals surface area contributed by atoms with Crippen molar-refractivity contribution >= 4 is 29.1 Å². The van der Waals surface area contributed by atoms with Crippen LogP contribution >= 0.6 is 11.3 Å².